The molecule has 2 N–H and O–H groups in total. The summed E-state index contributed by atoms with van der Waals surface area (Å²) in [6, 6.07) is -0.241. The van der Waals surface area contributed by atoms with Crippen LogP contribution in [0.4, 0.5) is 13.2 Å². The van der Waals surface area contributed by atoms with Crippen molar-refractivity contribution in [2.45, 2.75) is 38.0 Å². The summed E-state index contributed by atoms with van der Waals surface area (Å²) in [6.45, 7) is 1.70. The maximum absolute atomic E-state index is 12.8. The van der Waals surface area contributed by atoms with Crippen LogP contribution in [0.5, 0.6) is 0 Å². The Bertz CT molecular complexity index is 989. The number of esters is 1. The Balaban J connectivity index is 1.69. The van der Waals surface area contributed by atoms with Crippen LogP contribution in [-0.4, -0.2) is 67.3 Å². The number of β-lactam (4-membered cyclic amide) rings is 1. The second-order valence-electron chi connectivity index (χ2n) is 6.82. The van der Waals surface area contributed by atoms with Gasteiger partial charge in [0.25, 0.3) is 5.91 Å². The third kappa shape index (κ3) is 4.52. The second kappa shape index (κ2) is 8.24. The monoisotopic (exact) mass is 462 g/mol. The SMILES string of the molecule is CC(=O)OCC1=C(C(=O)O)N2C(=O)C(NC(=O)Cn3nc(C(F)(F)F)cc3C)C2SC1. The fraction of sp³-hybridized carbons (Fsp3) is 0.471. The van der Waals surface area contributed by atoms with E-state index in [-0.39, 0.29) is 29.3 Å². The lowest BCUT2D eigenvalue weighted by molar-refractivity contribution is -0.151. The third-order valence-electron chi connectivity index (χ3n) is 4.58. The Morgan fingerprint density at radius 1 is 1.39 bits per heavy atom. The van der Waals surface area contributed by atoms with Crippen molar-refractivity contribution >= 4 is 35.5 Å². The highest BCUT2D eigenvalue weighted by molar-refractivity contribution is 8.00. The smallest absolute Gasteiger partial charge is 0.435 e. The number of ether oxygens (including phenoxy) is 1. The summed E-state index contributed by atoms with van der Waals surface area (Å²) in [4.78, 5) is 48.4. The number of carbonyl (C=O) groups is 4. The molecule has 14 heteroatoms. The Morgan fingerprint density at radius 3 is 2.61 bits per heavy atom. The molecule has 2 unspecified atom stereocenters. The number of carboxylic acid groups (broad SMARTS) is 1. The van der Waals surface area contributed by atoms with Gasteiger partial charge in [-0.25, -0.2) is 4.79 Å². The van der Waals surface area contributed by atoms with E-state index in [2.05, 4.69) is 10.4 Å². The maximum atomic E-state index is 12.8. The van der Waals surface area contributed by atoms with Gasteiger partial charge in [-0.3, -0.25) is 24.0 Å². The number of amides is 2. The molecule has 0 saturated carbocycles. The fourth-order valence-corrected chi connectivity index (χ4v) is 4.47. The number of aromatic nitrogens is 2. The molecule has 168 valence electrons. The number of halogens is 3. The van der Waals surface area contributed by atoms with Gasteiger partial charge in [0, 0.05) is 23.9 Å². The van der Waals surface area contributed by atoms with Crippen molar-refractivity contribution in [3.63, 3.8) is 0 Å². The minimum Gasteiger partial charge on any atom is -0.477 e. The molecular weight excluding hydrogens is 445 g/mol. The largest absolute Gasteiger partial charge is 0.477 e. The van der Waals surface area contributed by atoms with Gasteiger partial charge in [0.05, 0.1) is 0 Å². The van der Waals surface area contributed by atoms with Crippen molar-refractivity contribution in [2.75, 3.05) is 12.4 Å². The molecule has 0 bridgehead atoms. The number of carbonyl (C=O) groups excluding carboxylic acids is 3. The molecule has 2 atom stereocenters. The van der Waals surface area contributed by atoms with E-state index in [9.17, 15) is 37.5 Å². The molecule has 10 nitrogen and oxygen atoms in total. The van der Waals surface area contributed by atoms with E-state index in [0.29, 0.717) is 0 Å². The first kappa shape index (κ1) is 22.7. The summed E-state index contributed by atoms with van der Waals surface area (Å²) < 4.78 is 44.0. The average molecular weight is 462 g/mol. The summed E-state index contributed by atoms with van der Waals surface area (Å²) in [7, 11) is 0. The summed E-state index contributed by atoms with van der Waals surface area (Å²) in [5.41, 5.74) is -1.09. The van der Waals surface area contributed by atoms with Crippen LogP contribution in [0.1, 0.15) is 18.3 Å². The van der Waals surface area contributed by atoms with Crippen molar-refractivity contribution in [3.8, 4) is 0 Å². The second-order valence-corrected chi connectivity index (χ2v) is 7.92. The summed E-state index contributed by atoms with van der Waals surface area (Å²) in [5.74, 6) is -3.26. The first-order valence-electron chi connectivity index (χ1n) is 8.84. The van der Waals surface area contributed by atoms with Crippen molar-refractivity contribution in [3.05, 3.63) is 28.7 Å². The Kier molecular flexibility index (Phi) is 6.02. The van der Waals surface area contributed by atoms with Crippen LogP contribution in [0.2, 0.25) is 0 Å². The number of alkyl halides is 3. The lowest BCUT2D eigenvalue weighted by atomic mass is 10.0. The first-order chi connectivity index (χ1) is 14.4. The lowest BCUT2D eigenvalue weighted by Gasteiger charge is -2.49. The summed E-state index contributed by atoms with van der Waals surface area (Å²) >= 11 is 1.17. The van der Waals surface area contributed by atoms with Crippen LogP contribution >= 0.6 is 11.8 Å². The maximum Gasteiger partial charge on any atom is 0.435 e. The number of fused-ring (bicyclic) bond motifs is 1. The number of nitrogens with one attached hydrogen (secondary N) is 1. The van der Waals surface area contributed by atoms with Gasteiger partial charge >= 0.3 is 18.1 Å². The molecule has 0 aliphatic carbocycles. The number of rotatable bonds is 6. The molecular formula is C17H17F3N4O6S. The number of thioether (sulfide) groups is 1. The molecule has 2 amide bonds. The van der Waals surface area contributed by atoms with E-state index in [1.54, 1.807) is 0 Å². The van der Waals surface area contributed by atoms with Gasteiger partial charge in [0.1, 0.15) is 30.3 Å². The molecule has 1 fully saturated rings. The van der Waals surface area contributed by atoms with Crippen LogP contribution in [0.15, 0.2) is 17.3 Å². The number of aryl methyl sites for hydroxylation is 1. The molecule has 0 aromatic carbocycles. The van der Waals surface area contributed by atoms with Crippen LogP contribution < -0.4 is 5.32 Å². The molecule has 1 aromatic rings. The first-order valence-corrected chi connectivity index (χ1v) is 9.89. The van der Waals surface area contributed by atoms with E-state index in [0.717, 1.165) is 15.6 Å². The normalized spacial score (nSPS) is 20.8. The standard InChI is InChI=1S/C17H17F3N4O6S/c1-7-3-10(17(18,19)20)22-23(7)4-11(26)21-12-14(27)24-13(16(28)29)9(5-30-8(2)25)6-31-15(12)24/h3,12,15H,4-6H2,1-2H3,(H,21,26)(H,28,29). The minimum absolute atomic E-state index is 0.113. The van der Waals surface area contributed by atoms with E-state index < -0.39 is 53.6 Å². The molecule has 1 saturated heterocycles. The topological polar surface area (TPSA) is 131 Å². The molecule has 2 aliphatic rings. The Labute approximate surface area is 177 Å². The number of hydrogen-bond acceptors (Lipinski definition) is 7. The minimum atomic E-state index is -4.65. The highest BCUT2D eigenvalue weighted by Crippen LogP contribution is 2.40. The van der Waals surface area contributed by atoms with Gasteiger partial charge in [0.2, 0.25) is 5.91 Å². The van der Waals surface area contributed by atoms with Crippen LogP contribution in [-0.2, 0) is 36.6 Å². The zero-order chi connectivity index (χ0) is 23.1. The quantitative estimate of drug-likeness (QED) is 0.462. The molecule has 3 rings (SSSR count). The number of hydrogen-bond donors (Lipinski definition) is 2. The lowest BCUT2D eigenvalue weighted by Crippen LogP contribution is -2.70. The van der Waals surface area contributed by atoms with Gasteiger partial charge < -0.3 is 15.2 Å². The molecule has 3 heterocycles. The van der Waals surface area contributed by atoms with E-state index >= 15 is 0 Å². The van der Waals surface area contributed by atoms with E-state index in [1.807, 2.05) is 0 Å². The van der Waals surface area contributed by atoms with Crippen LogP contribution in [0.25, 0.3) is 0 Å². The fourth-order valence-electron chi connectivity index (χ4n) is 3.15. The summed E-state index contributed by atoms with van der Waals surface area (Å²) in [5, 5.41) is 14.6. The third-order valence-corrected chi connectivity index (χ3v) is 5.92. The number of carboxylic acids is 1. The summed E-state index contributed by atoms with van der Waals surface area (Å²) in [6.07, 6.45) is -4.65. The van der Waals surface area contributed by atoms with Crippen molar-refractivity contribution in [2.24, 2.45) is 0 Å². The van der Waals surface area contributed by atoms with Crippen molar-refractivity contribution in [1.82, 2.24) is 20.0 Å². The molecule has 31 heavy (non-hydrogen) atoms. The van der Waals surface area contributed by atoms with Gasteiger partial charge in [-0.15, -0.1) is 11.8 Å². The van der Waals surface area contributed by atoms with Crippen molar-refractivity contribution < 1.29 is 42.2 Å². The molecule has 0 radical (unpaired) electrons. The highest BCUT2D eigenvalue weighted by atomic mass is 32.2. The average Bonchev–Trinajstić information content (AvgIpc) is 3.04. The predicted molar refractivity (Wildman–Crippen MR) is 98.3 cm³/mol. The zero-order valence-electron chi connectivity index (χ0n) is 16.2. The molecule has 2 aliphatic heterocycles. The van der Waals surface area contributed by atoms with E-state index in [1.165, 1.54) is 25.6 Å². The molecule has 1 aromatic heterocycles. The van der Waals surface area contributed by atoms with Gasteiger partial charge in [0.15, 0.2) is 5.69 Å². The Morgan fingerprint density at radius 2 is 2.06 bits per heavy atom. The molecule has 0 spiro atoms. The van der Waals surface area contributed by atoms with Crippen LogP contribution in [0.3, 0.4) is 0 Å². The number of aliphatic carboxylic acids is 1. The predicted octanol–water partition coefficient (Wildman–Crippen LogP) is 0.512. The highest BCUT2D eigenvalue weighted by Gasteiger charge is 2.54. The van der Waals surface area contributed by atoms with Crippen molar-refractivity contribution in [1.29, 1.82) is 0 Å². The van der Waals surface area contributed by atoms with E-state index in [4.69, 9.17) is 4.74 Å². The van der Waals surface area contributed by atoms with Gasteiger partial charge in [-0.1, -0.05) is 0 Å². The zero-order valence-corrected chi connectivity index (χ0v) is 17.0. The Hall–Kier alpha value is -3.03. The van der Waals surface area contributed by atoms with Gasteiger partial charge in [-0.2, -0.15) is 18.3 Å². The van der Waals surface area contributed by atoms with Crippen LogP contribution in [0, 0.1) is 6.92 Å². The van der Waals surface area contributed by atoms with Gasteiger partial charge in [-0.05, 0) is 13.0 Å². The number of nitrogens with zero attached hydrogens (tertiary/aromatic N) is 3.